The lowest BCUT2D eigenvalue weighted by atomic mass is 10.1. The van der Waals surface area contributed by atoms with E-state index in [-0.39, 0.29) is 24.2 Å². The number of carbonyl (C=O) groups excluding carboxylic acids is 2. The number of amides is 2. The molecule has 0 aliphatic carbocycles. The van der Waals surface area contributed by atoms with Crippen LogP contribution in [-0.4, -0.2) is 47.0 Å². The largest absolute Gasteiger partial charge is 0.345 e. The van der Waals surface area contributed by atoms with Gasteiger partial charge in [0.25, 0.3) is 0 Å². The average molecular weight is 387 g/mol. The summed E-state index contributed by atoms with van der Waals surface area (Å²) in [4.78, 5) is 28.4. The molecular formula is C20H26N4O2S. The van der Waals surface area contributed by atoms with Gasteiger partial charge in [-0.1, -0.05) is 61.4 Å². The highest BCUT2D eigenvalue weighted by Crippen LogP contribution is 2.29. The number of anilines is 1. The van der Waals surface area contributed by atoms with Gasteiger partial charge in [-0.15, -0.1) is 10.2 Å². The van der Waals surface area contributed by atoms with Gasteiger partial charge in [0.05, 0.1) is 5.92 Å². The Morgan fingerprint density at radius 1 is 1.26 bits per heavy atom. The van der Waals surface area contributed by atoms with Gasteiger partial charge in [-0.25, -0.2) is 0 Å². The standard InChI is InChI=1S/C20H26N4O2S/c1-3-4-8-11-23(2)19(26)16-13-18(25)24(14-16)20-22-21-17(27-20)12-15-9-6-5-7-10-15/h5-7,9-10,16H,3-4,8,11-14H2,1-2H3. The minimum atomic E-state index is -0.286. The Balaban J connectivity index is 1.60. The van der Waals surface area contributed by atoms with Crippen molar-refractivity contribution in [3.63, 3.8) is 0 Å². The summed E-state index contributed by atoms with van der Waals surface area (Å²) in [5.41, 5.74) is 1.16. The summed E-state index contributed by atoms with van der Waals surface area (Å²) in [5.74, 6) is -0.278. The van der Waals surface area contributed by atoms with Crippen molar-refractivity contribution in [3.05, 3.63) is 40.9 Å². The number of nitrogens with zero attached hydrogens (tertiary/aromatic N) is 4. The maximum atomic E-state index is 12.6. The van der Waals surface area contributed by atoms with Gasteiger partial charge in [0.2, 0.25) is 16.9 Å². The third kappa shape index (κ3) is 4.91. The van der Waals surface area contributed by atoms with Crippen LogP contribution in [-0.2, 0) is 16.0 Å². The lowest BCUT2D eigenvalue weighted by Crippen LogP contribution is -2.35. The van der Waals surface area contributed by atoms with Gasteiger partial charge in [-0.3, -0.25) is 14.5 Å². The van der Waals surface area contributed by atoms with Crippen molar-refractivity contribution in [2.45, 2.75) is 39.0 Å². The molecule has 1 aromatic carbocycles. The average Bonchev–Trinajstić information content (AvgIpc) is 3.28. The van der Waals surface area contributed by atoms with Crippen LogP contribution in [0.25, 0.3) is 0 Å². The summed E-state index contributed by atoms with van der Waals surface area (Å²) in [6.45, 7) is 3.29. The number of unbranched alkanes of at least 4 members (excludes halogenated alkanes) is 2. The van der Waals surface area contributed by atoms with Gasteiger partial charge in [0.15, 0.2) is 0 Å². The Hall–Kier alpha value is -2.28. The van der Waals surface area contributed by atoms with Crippen LogP contribution in [0, 0.1) is 5.92 Å². The molecule has 2 heterocycles. The van der Waals surface area contributed by atoms with Crippen molar-refractivity contribution in [1.82, 2.24) is 15.1 Å². The molecule has 3 rings (SSSR count). The van der Waals surface area contributed by atoms with E-state index in [2.05, 4.69) is 17.1 Å². The van der Waals surface area contributed by atoms with Gasteiger partial charge in [0.1, 0.15) is 5.01 Å². The molecule has 2 aromatic rings. The summed E-state index contributed by atoms with van der Waals surface area (Å²) in [6, 6.07) is 10.1. The minimum Gasteiger partial charge on any atom is -0.345 e. The van der Waals surface area contributed by atoms with Crippen molar-refractivity contribution in [1.29, 1.82) is 0 Å². The minimum absolute atomic E-state index is 0.0438. The molecule has 7 heteroatoms. The van der Waals surface area contributed by atoms with Gasteiger partial charge in [0, 0.05) is 33.0 Å². The monoisotopic (exact) mass is 386 g/mol. The van der Waals surface area contributed by atoms with E-state index >= 15 is 0 Å². The molecule has 27 heavy (non-hydrogen) atoms. The molecule has 1 atom stereocenters. The molecule has 1 aliphatic heterocycles. The van der Waals surface area contributed by atoms with E-state index in [9.17, 15) is 9.59 Å². The fourth-order valence-electron chi connectivity index (χ4n) is 3.27. The molecule has 0 radical (unpaired) electrons. The predicted octanol–water partition coefficient (Wildman–Crippen LogP) is 3.13. The second kappa shape index (κ2) is 9.08. The highest BCUT2D eigenvalue weighted by molar-refractivity contribution is 7.15. The van der Waals surface area contributed by atoms with Crippen molar-refractivity contribution >= 4 is 28.3 Å². The lowest BCUT2D eigenvalue weighted by Gasteiger charge is -2.20. The molecule has 0 saturated carbocycles. The summed E-state index contributed by atoms with van der Waals surface area (Å²) >= 11 is 1.43. The van der Waals surface area contributed by atoms with Gasteiger partial charge < -0.3 is 4.90 Å². The third-order valence-corrected chi connectivity index (χ3v) is 5.78. The molecule has 1 fully saturated rings. The first-order valence-corrected chi connectivity index (χ1v) is 10.3. The second-order valence-corrected chi connectivity index (χ2v) is 8.05. The number of hydrogen-bond donors (Lipinski definition) is 0. The highest BCUT2D eigenvalue weighted by atomic mass is 32.1. The zero-order chi connectivity index (χ0) is 19.2. The number of carbonyl (C=O) groups is 2. The summed E-state index contributed by atoms with van der Waals surface area (Å²) in [6.07, 6.45) is 4.19. The molecular weight excluding hydrogens is 360 g/mol. The fourth-order valence-corrected chi connectivity index (χ4v) is 4.17. The molecule has 1 saturated heterocycles. The van der Waals surface area contributed by atoms with E-state index in [1.807, 2.05) is 37.4 Å². The molecule has 1 unspecified atom stereocenters. The van der Waals surface area contributed by atoms with Crippen LogP contribution in [0.2, 0.25) is 0 Å². The van der Waals surface area contributed by atoms with Crippen LogP contribution < -0.4 is 4.90 Å². The number of rotatable bonds is 8. The molecule has 6 nitrogen and oxygen atoms in total. The highest BCUT2D eigenvalue weighted by Gasteiger charge is 2.37. The Morgan fingerprint density at radius 3 is 2.78 bits per heavy atom. The summed E-state index contributed by atoms with van der Waals surface area (Å²) < 4.78 is 0. The lowest BCUT2D eigenvalue weighted by molar-refractivity contribution is -0.134. The van der Waals surface area contributed by atoms with E-state index < -0.39 is 0 Å². The molecule has 1 aromatic heterocycles. The zero-order valence-electron chi connectivity index (χ0n) is 15.9. The Morgan fingerprint density at radius 2 is 2.04 bits per heavy atom. The van der Waals surface area contributed by atoms with E-state index in [1.54, 1.807) is 9.80 Å². The van der Waals surface area contributed by atoms with Crippen LogP contribution in [0.15, 0.2) is 30.3 Å². The SMILES string of the molecule is CCCCCN(C)C(=O)C1CC(=O)N(c2nnc(Cc3ccccc3)s2)C1. The predicted molar refractivity (Wildman–Crippen MR) is 107 cm³/mol. The van der Waals surface area contributed by atoms with Crippen LogP contribution in [0.3, 0.4) is 0 Å². The first kappa shape index (κ1) is 19.5. The quantitative estimate of drug-likeness (QED) is 0.654. The van der Waals surface area contributed by atoms with Crippen molar-refractivity contribution in [2.24, 2.45) is 5.92 Å². The van der Waals surface area contributed by atoms with Gasteiger partial charge in [-0.05, 0) is 12.0 Å². The second-order valence-electron chi connectivity index (χ2n) is 7.01. The first-order chi connectivity index (χ1) is 13.1. The smallest absolute Gasteiger partial charge is 0.229 e. The molecule has 0 bridgehead atoms. The fraction of sp³-hybridized carbons (Fsp3) is 0.500. The first-order valence-electron chi connectivity index (χ1n) is 9.50. The van der Waals surface area contributed by atoms with E-state index in [0.29, 0.717) is 18.1 Å². The zero-order valence-corrected chi connectivity index (χ0v) is 16.7. The number of aromatic nitrogens is 2. The van der Waals surface area contributed by atoms with E-state index in [4.69, 9.17) is 0 Å². The van der Waals surface area contributed by atoms with E-state index in [0.717, 1.165) is 36.4 Å². The van der Waals surface area contributed by atoms with Crippen molar-refractivity contribution < 1.29 is 9.59 Å². The third-order valence-electron chi connectivity index (χ3n) is 4.83. The molecule has 144 valence electrons. The Kier molecular flexibility index (Phi) is 6.55. The molecule has 1 aliphatic rings. The van der Waals surface area contributed by atoms with Crippen LogP contribution in [0.5, 0.6) is 0 Å². The Labute approximate surface area is 164 Å². The van der Waals surface area contributed by atoms with Crippen LogP contribution in [0.4, 0.5) is 5.13 Å². The van der Waals surface area contributed by atoms with E-state index in [1.165, 1.54) is 11.3 Å². The molecule has 0 spiro atoms. The van der Waals surface area contributed by atoms with Crippen LogP contribution >= 0.6 is 11.3 Å². The van der Waals surface area contributed by atoms with Crippen molar-refractivity contribution in [2.75, 3.05) is 25.0 Å². The molecule has 2 amide bonds. The normalized spacial score (nSPS) is 16.7. The van der Waals surface area contributed by atoms with Gasteiger partial charge in [-0.2, -0.15) is 0 Å². The van der Waals surface area contributed by atoms with Gasteiger partial charge >= 0.3 is 0 Å². The maximum Gasteiger partial charge on any atom is 0.229 e. The van der Waals surface area contributed by atoms with Crippen LogP contribution in [0.1, 0.15) is 43.2 Å². The number of benzene rings is 1. The van der Waals surface area contributed by atoms with Crippen molar-refractivity contribution in [3.8, 4) is 0 Å². The number of hydrogen-bond acceptors (Lipinski definition) is 5. The Bertz CT molecular complexity index is 777. The maximum absolute atomic E-state index is 12.6. The summed E-state index contributed by atoms with van der Waals surface area (Å²) in [7, 11) is 1.83. The topological polar surface area (TPSA) is 66.4 Å². The molecule has 0 N–H and O–H groups in total. The summed E-state index contributed by atoms with van der Waals surface area (Å²) in [5, 5.41) is 9.88.